The molecular weight excluding hydrogens is 370 g/mol. The summed E-state index contributed by atoms with van der Waals surface area (Å²) >= 11 is 3.39. The number of amidine groups is 1. The van der Waals surface area contributed by atoms with E-state index in [0.717, 1.165) is 35.2 Å². The molecule has 0 unspecified atom stereocenters. The normalized spacial score (nSPS) is 14.1. The van der Waals surface area contributed by atoms with Crippen LogP contribution in [0, 0.1) is 0 Å². The molecule has 0 spiro atoms. The molecule has 24 heavy (non-hydrogen) atoms. The summed E-state index contributed by atoms with van der Waals surface area (Å²) < 4.78 is 5.91. The molecule has 0 bridgehead atoms. The Labute approximate surface area is 149 Å². The Morgan fingerprint density at radius 3 is 2.71 bits per heavy atom. The van der Waals surface area contributed by atoms with E-state index < -0.39 is 5.97 Å². The predicted octanol–water partition coefficient (Wildman–Crippen LogP) is 3.80. The second-order valence-electron chi connectivity index (χ2n) is 5.43. The summed E-state index contributed by atoms with van der Waals surface area (Å²) in [6.07, 6.45) is 1.96. The highest BCUT2D eigenvalue weighted by Gasteiger charge is 2.26. The Kier molecular flexibility index (Phi) is 5.15. The van der Waals surface area contributed by atoms with Crippen molar-refractivity contribution in [2.75, 3.05) is 24.0 Å². The molecule has 1 aliphatic rings. The fourth-order valence-corrected chi connectivity index (χ4v) is 2.97. The molecule has 0 amide bonds. The summed E-state index contributed by atoms with van der Waals surface area (Å²) in [4.78, 5) is 14.2. The van der Waals surface area contributed by atoms with Gasteiger partial charge in [0.15, 0.2) is 0 Å². The number of hydrogen-bond donors (Lipinski definition) is 1. The van der Waals surface area contributed by atoms with Crippen molar-refractivity contribution in [3.8, 4) is 0 Å². The van der Waals surface area contributed by atoms with Gasteiger partial charge in [0.05, 0.1) is 12.8 Å². The molecule has 0 radical (unpaired) electrons. The smallest absolute Gasteiger partial charge is 0.376 e. The number of anilines is 2. The van der Waals surface area contributed by atoms with Gasteiger partial charge in [-0.05, 0) is 48.7 Å². The van der Waals surface area contributed by atoms with Crippen molar-refractivity contribution >= 4 is 39.1 Å². The van der Waals surface area contributed by atoms with Crippen molar-refractivity contribution in [1.82, 2.24) is 0 Å². The first-order valence-corrected chi connectivity index (χ1v) is 8.51. The lowest BCUT2D eigenvalue weighted by atomic mass is 10.0. The van der Waals surface area contributed by atoms with Crippen LogP contribution >= 0.6 is 15.9 Å². The topological polar surface area (TPSA) is 53.9 Å². The lowest BCUT2D eigenvalue weighted by Gasteiger charge is -2.30. The zero-order chi connectivity index (χ0) is 16.9. The molecule has 0 fully saturated rings. The molecule has 3 rings (SSSR count). The van der Waals surface area contributed by atoms with Gasteiger partial charge < -0.3 is 9.64 Å². The summed E-state index contributed by atoms with van der Waals surface area (Å²) in [6, 6.07) is 15.6. The number of fused-ring (bicyclic) bond motifs is 1. The summed E-state index contributed by atoms with van der Waals surface area (Å²) in [5, 5.41) is 4.32. The van der Waals surface area contributed by atoms with Crippen LogP contribution in [0.15, 0.2) is 58.1 Å². The maximum Gasteiger partial charge on any atom is 0.376 e. The molecule has 1 N–H and O–H groups in total. The second-order valence-corrected chi connectivity index (χ2v) is 6.35. The molecule has 2 aromatic rings. The monoisotopic (exact) mass is 387 g/mol. The predicted molar refractivity (Wildman–Crippen MR) is 99.3 cm³/mol. The average Bonchev–Trinajstić information content (AvgIpc) is 2.63. The first-order chi connectivity index (χ1) is 11.7. The van der Waals surface area contributed by atoms with E-state index in [4.69, 9.17) is 4.74 Å². The number of methoxy groups -OCH3 is 1. The third-order valence-corrected chi connectivity index (χ3v) is 4.40. The standard InChI is InChI=1S/C18H18BrN3O2/c1-24-18(23)17(21-20-15-10-8-14(19)9-11-15)22-12-4-6-13-5-2-3-7-16(13)22/h2-3,5,7-11,20H,4,6,12H2,1H3/b21-17+. The van der Waals surface area contributed by atoms with Crippen LogP contribution in [0.3, 0.4) is 0 Å². The quantitative estimate of drug-likeness (QED) is 0.368. The van der Waals surface area contributed by atoms with E-state index in [1.54, 1.807) is 0 Å². The molecule has 0 atom stereocenters. The van der Waals surface area contributed by atoms with Crippen molar-refractivity contribution in [2.24, 2.45) is 5.10 Å². The van der Waals surface area contributed by atoms with Crippen molar-refractivity contribution in [3.63, 3.8) is 0 Å². The van der Waals surface area contributed by atoms with E-state index in [1.165, 1.54) is 12.7 Å². The minimum absolute atomic E-state index is 0.257. The maximum absolute atomic E-state index is 12.3. The zero-order valence-corrected chi connectivity index (χ0v) is 14.9. The highest BCUT2D eigenvalue weighted by molar-refractivity contribution is 9.10. The number of benzene rings is 2. The number of nitrogens with one attached hydrogen (secondary N) is 1. The van der Waals surface area contributed by atoms with Crippen LogP contribution in [0.1, 0.15) is 12.0 Å². The van der Waals surface area contributed by atoms with Gasteiger partial charge in [0.1, 0.15) is 0 Å². The van der Waals surface area contributed by atoms with Crippen molar-refractivity contribution in [2.45, 2.75) is 12.8 Å². The highest BCUT2D eigenvalue weighted by atomic mass is 79.9. The maximum atomic E-state index is 12.3. The van der Waals surface area contributed by atoms with Gasteiger partial charge in [0, 0.05) is 16.7 Å². The van der Waals surface area contributed by atoms with Crippen molar-refractivity contribution < 1.29 is 9.53 Å². The van der Waals surface area contributed by atoms with Crippen molar-refractivity contribution in [3.05, 3.63) is 58.6 Å². The van der Waals surface area contributed by atoms with Crippen molar-refractivity contribution in [1.29, 1.82) is 0 Å². The number of carbonyl (C=O) groups excluding carboxylic acids is 1. The Morgan fingerprint density at radius 2 is 1.96 bits per heavy atom. The first-order valence-electron chi connectivity index (χ1n) is 7.72. The number of nitrogens with zero attached hydrogens (tertiary/aromatic N) is 2. The second kappa shape index (κ2) is 7.49. The number of esters is 1. The Balaban J connectivity index is 1.91. The van der Waals surface area contributed by atoms with E-state index in [2.05, 4.69) is 32.5 Å². The molecule has 0 aromatic heterocycles. The molecule has 2 aromatic carbocycles. The lowest BCUT2D eigenvalue weighted by Crippen LogP contribution is -2.41. The van der Waals surface area contributed by atoms with E-state index in [1.807, 2.05) is 47.4 Å². The lowest BCUT2D eigenvalue weighted by molar-refractivity contribution is -0.132. The Bertz CT molecular complexity index is 759. The number of ether oxygens (including phenoxy) is 1. The van der Waals surface area contributed by atoms with Gasteiger partial charge >= 0.3 is 5.97 Å². The molecule has 5 nitrogen and oxygen atoms in total. The minimum Gasteiger partial charge on any atom is -0.463 e. The molecule has 124 valence electrons. The SMILES string of the molecule is COC(=O)/C(=N\Nc1ccc(Br)cc1)N1CCCc2ccccc21. The molecule has 6 heteroatoms. The zero-order valence-electron chi connectivity index (χ0n) is 13.3. The fraction of sp³-hybridized carbons (Fsp3) is 0.222. The van der Waals surface area contributed by atoms with Crippen LogP contribution in [0.2, 0.25) is 0 Å². The number of halogens is 1. The third kappa shape index (κ3) is 3.59. The average molecular weight is 388 g/mol. The molecular formula is C18H18BrN3O2. The minimum atomic E-state index is -0.462. The molecule has 0 saturated carbocycles. The first kappa shape index (κ1) is 16.5. The summed E-state index contributed by atoms with van der Waals surface area (Å²) in [7, 11) is 1.37. The van der Waals surface area contributed by atoms with E-state index in [0.29, 0.717) is 0 Å². The van der Waals surface area contributed by atoms with Crippen LogP contribution in [0.5, 0.6) is 0 Å². The summed E-state index contributed by atoms with van der Waals surface area (Å²) in [5.74, 6) is -0.205. The number of carbonyl (C=O) groups is 1. The largest absolute Gasteiger partial charge is 0.463 e. The van der Waals surface area contributed by atoms with Gasteiger partial charge in [-0.2, -0.15) is 0 Å². The van der Waals surface area contributed by atoms with Crippen LogP contribution in [0.25, 0.3) is 0 Å². The molecule has 0 aliphatic carbocycles. The van der Waals surface area contributed by atoms with Crippen LogP contribution < -0.4 is 10.3 Å². The number of hydrazone groups is 1. The summed E-state index contributed by atoms with van der Waals surface area (Å²) in [6.45, 7) is 0.729. The van der Waals surface area contributed by atoms with Gasteiger partial charge in [0.2, 0.25) is 5.84 Å². The number of rotatable bonds is 2. The number of para-hydroxylation sites is 1. The van der Waals surface area contributed by atoms with E-state index in [-0.39, 0.29) is 5.84 Å². The van der Waals surface area contributed by atoms with Crippen LogP contribution in [-0.2, 0) is 16.0 Å². The van der Waals surface area contributed by atoms with Gasteiger partial charge in [0.25, 0.3) is 0 Å². The number of aryl methyl sites for hydroxylation is 1. The van der Waals surface area contributed by atoms with Gasteiger partial charge in [-0.1, -0.05) is 34.1 Å². The van der Waals surface area contributed by atoms with Crippen LogP contribution in [-0.4, -0.2) is 25.5 Å². The molecule has 0 saturated heterocycles. The Hall–Kier alpha value is -2.34. The van der Waals surface area contributed by atoms with Gasteiger partial charge in [-0.15, -0.1) is 5.10 Å². The van der Waals surface area contributed by atoms with Gasteiger partial charge in [-0.3, -0.25) is 5.43 Å². The number of hydrogen-bond acceptors (Lipinski definition) is 4. The van der Waals surface area contributed by atoms with E-state index in [9.17, 15) is 4.79 Å². The molecule has 1 aliphatic heterocycles. The fourth-order valence-electron chi connectivity index (χ4n) is 2.70. The van der Waals surface area contributed by atoms with Gasteiger partial charge in [-0.25, -0.2) is 4.79 Å². The third-order valence-electron chi connectivity index (χ3n) is 3.87. The highest BCUT2D eigenvalue weighted by Crippen LogP contribution is 2.27. The summed E-state index contributed by atoms with van der Waals surface area (Å²) in [5.41, 5.74) is 5.95. The van der Waals surface area contributed by atoms with Crippen LogP contribution in [0.4, 0.5) is 11.4 Å². The Morgan fingerprint density at radius 1 is 1.21 bits per heavy atom. The molecule has 1 heterocycles. The van der Waals surface area contributed by atoms with E-state index >= 15 is 0 Å².